The number of aliphatic hydroxyl groups is 11. The van der Waals surface area contributed by atoms with E-state index in [4.69, 9.17) is 28.4 Å². The Hall–Kier alpha value is -2.25. The highest BCUT2D eigenvalue weighted by Crippen LogP contribution is 2.33. The average molecular weight is 1260 g/mol. The van der Waals surface area contributed by atoms with Crippen molar-refractivity contribution in [1.29, 1.82) is 0 Å². The van der Waals surface area contributed by atoms with E-state index in [9.17, 15) is 61.0 Å². The quantitative estimate of drug-likeness (QED) is 0.0200. The predicted octanol–water partition coefficient (Wildman–Crippen LogP) is 9.00. The Morgan fingerprint density at radius 3 is 1.19 bits per heavy atom. The van der Waals surface area contributed by atoms with E-state index in [0.29, 0.717) is 6.42 Å². The maximum absolute atomic E-state index is 13.4. The van der Waals surface area contributed by atoms with Gasteiger partial charge in [0.15, 0.2) is 18.9 Å². The van der Waals surface area contributed by atoms with Crippen LogP contribution in [0.15, 0.2) is 48.6 Å². The minimum absolute atomic E-state index is 0.228. The number of amides is 1. The Labute approximate surface area is 529 Å². The van der Waals surface area contributed by atoms with Crippen LogP contribution >= 0.6 is 0 Å². The number of hydrogen-bond donors (Lipinski definition) is 12. The molecule has 0 bridgehead atoms. The number of carbonyl (C=O) groups excluding carboxylic acids is 1. The molecule has 3 heterocycles. The molecule has 0 radical (unpaired) electrons. The van der Waals surface area contributed by atoms with Crippen LogP contribution in [0.25, 0.3) is 0 Å². The lowest BCUT2D eigenvalue weighted by atomic mass is 9.96. The summed E-state index contributed by atoms with van der Waals surface area (Å²) in [6.07, 6.45) is 33.6. The molecule has 0 saturated carbocycles. The number of rotatable bonds is 53. The highest BCUT2D eigenvalue weighted by Gasteiger charge is 2.53. The monoisotopic (exact) mass is 1260 g/mol. The normalized spacial score (nSPS) is 28.7. The molecular formula is C69H125NO18. The van der Waals surface area contributed by atoms with Crippen molar-refractivity contribution in [3.8, 4) is 0 Å². The molecule has 3 saturated heterocycles. The van der Waals surface area contributed by atoms with Crippen molar-refractivity contribution in [2.45, 2.75) is 356 Å². The van der Waals surface area contributed by atoms with Crippen LogP contribution in [-0.4, -0.2) is 193 Å². The molecule has 17 atom stereocenters. The van der Waals surface area contributed by atoms with Gasteiger partial charge in [-0.05, 0) is 57.8 Å². The molecule has 88 heavy (non-hydrogen) atoms. The fraction of sp³-hybridized carbons (Fsp3) is 0.870. The van der Waals surface area contributed by atoms with Gasteiger partial charge in [0.25, 0.3) is 0 Å². The summed E-state index contributed by atoms with van der Waals surface area (Å²) in [6, 6.07) is -0.982. The molecule has 3 aliphatic rings. The van der Waals surface area contributed by atoms with E-state index in [-0.39, 0.29) is 18.9 Å². The topological polar surface area (TPSA) is 307 Å². The molecule has 3 fully saturated rings. The van der Waals surface area contributed by atoms with Gasteiger partial charge in [0, 0.05) is 6.42 Å². The zero-order chi connectivity index (χ0) is 64.0. The Morgan fingerprint density at radius 1 is 0.409 bits per heavy atom. The Balaban J connectivity index is 1.45. The molecule has 0 aromatic heterocycles. The number of nitrogens with one attached hydrogen (secondary N) is 1. The highest BCUT2D eigenvalue weighted by molar-refractivity contribution is 5.76. The number of allylic oxidation sites excluding steroid dienone is 7. The van der Waals surface area contributed by atoms with Gasteiger partial charge < -0.3 is 89.9 Å². The Bertz CT molecular complexity index is 1790. The molecule has 3 aliphatic heterocycles. The second kappa shape index (κ2) is 51.2. The maximum atomic E-state index is 13.4. The summed E-state index contributed by atoms with van der Waals surface area (Å²) in [6.45, 7) is 1.71. The zero-order valence-electron chi connectivity index (χ0n) is 54.2. The van der Waals surface area contributed by atoms with Gasteiger partial charge >= 0.3 is 0 Å². The zero-order valence-corrected chi connectivity index (χ0v) is 54.2. The predicted molar refractivity (Wildman–Crippen MR) is 342 cm³/mol. The van der Waals surface area contributed by atoms with Gasteiger partial charge in [-0.25, -0.2) is 0 Å². The third-order valence-electron chi connectivity index (χ3n) is 17.4. The Kier molecular flexibility index (Phi) is 46.5. The first kappa shape index (κ1) is 80.0. The number of ether oxygens (including phenoxy) is 6. The molecule has 3 rings (SSSR count). The van der Waals surface area contributed by atoms with E-state index in [0.717, 1.165) is 83.5 Å². The third-order valence-corrected chi connectivity index (χ3v) is 17.4. The van der Waals surface area contributed by atoms with Crippen molar-refractivity contribution in [3.05, 3.63) is 48.6 Å². The van der Waals surface area contributed by atoms with E-state index >= 15 is 0 Å². The first-order valence-corrected chi connectivity index (χ1v) is 34.9. The highest BCUT2D eigenvalue weighted by atomic mass is 16.8. The van der Waals surface area contributed by atoms with Crippen LogP contribution in [-0.2, 0) is 33.2 Å². The number of hydrogen-bond acceptors (Lipinski definition) is 18. The maximum Gasteiger partial charge on any atom is 0.220 e. The van der Waals surface area contributed by atoms with E-state index in [2.05, 4.69) is 55.6 Å². The lowest BCUT2D eigenvalue weighted by Crippen LogP contribution is -2.66. The van der Waals surface area contributed by atoms with Crippen LogP contribution in [0, 0.1) is 0 Å². The molecule has 0 aliphatic carbocycles. The molecule has 0 aromatic carbocycles. The van der Waals surface area contributed by atoms with Gasteiger partial charge in [-0.2, -0.15) is 0 Å². The molecule has 17 unspecified atom stereocenters. The molecule has 1 amide bonds. The second-order valence-electron chi connectivity index (χ2n) is 25.0. The smallest absolute Gasteiger partial charge is 0.220 e. The van der Waals surface area contributed by atoms with Gasteiger partial charge in [-0.3, -0.25) is 4.79 Å². The van der Waals surface area contributed by atoms with Crippen molar-refractivity contribution in [3.63, 3.8) is 0 Å². The van der Waals surface area contributed by atoms with Crippen LogP contribution in [0.2, 0.25) is 0 Å². The standard InChI is InChI=1S/C69H125NO18/c1-3-5-7-9-11-13-15-17-19-21-23-24-25-26-27-29-30-32-34-36-38-40-42-44-46-53(74)52(70-57(75)47-45-43-41-39-37-35-33-31-28-22-20-18-16-14-12-10-8-6-4-2)51-83-67-63(81)60(78)65(55(49-72)85-67)88-69-64(82)61(79)66(56(50-73)86-69)87-68-62(80)59(77)58(76)54(48-71)84-68/h12,14,18,20,28,31,44,46,52-56,58-69,71-74,76-82H,3-11,13,15-17,19,21-27,29-30,32-43,45,47-51H2,1-2H3,(H,70,75)/b14-12-,20-18-,31-28-,46-44+. The summed E-state index contributed by atoms with van der Waals surface area (Å²) in [5.74, 6) is -0.287. The fourth-order valence-corrected chi connectivity index (χ4v) is 11.7. The number of unbranched alkanes of at least 4 members (excludes halogenated alkanes) is 31. The van der Waals surface area contributed by atoms with E-state index < -0.39 is 124 Å². The Morgan fingerprint density at radius 2 is 0.750 bits per heavy atom. The molecular weight excluding hydrogens is 1130 g/mol. The minimum atomic E-state index is -1.98. The summed E-state index contributed by atoms with van der Waals surface area (Å²) in [7, 11) is 0. The van der Waals surface area contributed by atoms with Crippen LogP contribution in [0.3, 0.4) is 0 Å². The van der Waals surface area contributed by atoms with Crippen molar-refractivity contribution >= 4 is 5.91 Å². The van der Waals surface area contributed by atoms with Crippen molar-refractivity contribution in [2.24, 2.45) is 0 Å². The van der Waals surface area contributed by atoms with E-state index in [1.807, 2.05) is 6.08 Å². The van der Waals surface area contributed by atoms with Gasteiger partial charge in [0.2, 0.25) is 5.91 Å². The van der Waals surface area contributed by atoms with Gasteiger partial charge in [0.05, 0.1) is 38.6 Å². The molecule has 19 heteroatoms. The molecule has 514 valence electrons. The molecule has 19 nitrogen and oxygen atoms in total. The first-order valence-electron chi connectivity index (χ1n) is 34.9. The molecule has 12 N–H and O–H groups in total. The summed E-state index contributed by atoms with van der Waals surface area (Å²) in [5, 5.41) is 121. The van der Waals surface area contributed by atoms with Gasteiger partial charge in [0.1, 0.15) is 73.2 Å². The largest absolute Gasteiger partial charge is 0.394 e. The van der Waals surface area contributed by atoms with E-state index in [1.54, 1.807) is 6.08 Å². The summed E-state index contributed by atoms with van der Waals surface area (Å²) >= 11 is 0. The molecule has 0 aromatic rings. The van der Waals surface area contributed by atoms with E-state index in [1.165, 1.54) is 141 Å². The first-order chi connectivity index (χ1) is 42.8. The summed E-state index contributed by atoms with van der Waals surface area (Å²) in [5.41, 5.74) is 0. The summed E-state index contributed by atoms with van der Waals surface area (Å²) in [4.78, 5) is 13.4. The van der Waals surface area contributed by atoms with Gasteiger partial charge in [-0.1, -0.05) is 236 Å². The van der Waals surface area contributed by atoms with Crippen molar-refractivity contribution in [1.82, 2.24) is 5.32 Å². The van der Waals surface area contributed by atoms with Crippen LogP contribution < -0.4 is 5.32 Å². The van der Waals surface area contributed by atoms with Crippen molar-refractivity contribution in [2.75, 3.05) is 26.4 Å². The van der Waals surface area contributed by atoms with Crippen LogP contribution in [0.1, 0.15) is 251 Å². The average Bonchev–Trinajstić information content (AvgIpc) is 3.71. The lowest BCUT2D eigenvalue weighted by molar-refractivity contribution is -0.379. The summed E-state index contributed by atoms with van der Waals surface area (Å²) < 4.78 is 34.3. The van der Waals surface area contributed by atoms with Crippen LogP contribution in [0.5, 0.6) is 0 Å². The number of aliphatic hydroxyl groups excluding tert-OH is 11. The van der Waals surface area contributed by atoms with Gasteiger partial charge in [-0.15, -0.1) is 0 Å². The number of carbonyl (C=O) groups is 1. The van der Waals surface area contributed by atoms with Crippen LogP contribution in [0.4, 0.5) is 0 Å². The molecule has 0 spiro atoms. The third kappa shape index (κ3) is 33.0. The fourth-order valence-electron chi connectivity index (χ4n) is 11.7. The lowest BCUT2D eigenvalue weighted by Gasteiger charge is -2.48. The second-order valence-corrected chi connectivity index (χ2v) is 25.0. The SMILES string of the molecule is CCCCC/C=C\C/C=C\C/C=C\CCCCCCCCC(=O)NC(COC1OC(CO)C(OC2OC(CO)C(OC3OC(CO)C(O)C(O)C3O)C(O)C2O)C(O)C1O)C(O)/C=C/CCCCCCCCCCCCCCCCCCCCCCCC. The van der Waals surface area contributed by atoms with Crippen molar-refractivity contribution < 1.29 is 89.4 Å². The minimum Gasteiger partial charge on any atom is -0.394 e.